The van der Waals surface area contributed by atoms with Crippen LogP contribution in [0.25, 0.3) is 0 Å². The van der Waals surface area contributed by atoms with Crippen LogP contribution in [0.4, 0.5) is 5.82 Å². The molecule has 1 fully saturated rings. The number of nitrogens with one attached hydrogen (secondary N) is 2. The molecule has 0 aromatic carbocycles. The zero-order valence-electron chi connectivity index (χ0n) is 10.2. The summed E-state index contributed by atoms with van der Waals surface area (Å²) in [4.78, 5) is 4.34. The lowest BCUT2D eigenvalue weighted by Gasteiger charge is -2.08. The maximum Gasteiger partial charge on any atom is 0.144 e. The first-order valence-electron chi connectivity index (χ1n) is 6.14. The molecule has 0 unspecified atom stereocenters. The minimum Gasteiger partial charge on any atom is -0.369 e. The molecule has 0 spiro atoms. The zero-order chi connectivity index (χ0) is 12.1. The molecule has 0 radical (unpaired) electrons. The van der Waals surface area contributed by atoms with E-state index in [2.05, 4.69) is 21.7 Å². The van der Waals surface area contributed by atoms with E-state index in [0.29, 0.717) is 11.4 Å². The van der Waals surface area contributed by atoms with Crippen molar-refractivity contribution in [1.29, 1.82) is 5.26 Å². The fraction of sp³-hybridized carbons (Fsp3) is 0.538. The highest BCUT2D eigenvalue weighted by molar-refractivity contribution is 5.52. The van der Waals surface area contributed by atoms with Crippen LogP contribution < -0.4 is 10.6 Å². The third-order valence-electron chi connectivity index (χ3n) is 2.81. The second-order valence-corrected chi connectivity index (χ2v) is 4.47. The van der Waals surface area contributed by atoms with E-state index in [1.807, 2.05) is 19.1 Å². The van der Waals surface area contributed by atoms with Crippen molar-refractivity contribution in [2.45, 2.75) is 32.2 Å². The molecule has 0 saturated heterocycles. The van der Waals surface area contributed by atoms with Gasteiger partial charge in [-0.25, -0.2) is 4.98 Å². The van der Waals surface area contributed by atoms with Gasteiger partial charge in [0, 0.05) is 18.3 Å². The van der Waals surface area contributed by atoms with Crippen LogP contribution in [0.5, 0.6) is 0 Å². The van der Waals surface area contributed by atoms with Crippen LogP contribution in [-0.4, -0.2) is 24.1 Å². The molecule has 0 atom stereocenters. The summed E-state index contributed by atoms with van der Waals surface area (Å²) < 4.78 is 0. The minimum atomic E-state index is 0.616. The highest BCUT2D eigenvalue weighted by Gasteiger charge is 2.19. The molecule has 0 amide bonds. The Balaban J connectivity index is 1.76. The van der Waals surface area contributed by atoms with Gasteiger partial charge in [-0.15, -0.1) is 0 Å². The van der Waals surface area contributed by atoms with Gasteiger partial charge in [-0.05, 0) is 44.9 Å². The molecule has 17 heavy (non-hydrogen) atoms. The quantitative estimate of drug-likeness (QED) is 0.732. The fourth-order valence-corrected chi connectivity index (χ4v) is 1.67. The van der Waals surface area contributed by atoms with Crippen LogP contribution in [-0.2, 0) is 0 Å². The van der Waals surface area contributed by atoms with Gasteiger partial charge in [0.05, 0.1) is 5.56 Å². The first-order valence-corrected chi connectivity index (χ1v) is 6.14. The van der Waals surface area contributed by atoms with Gasteiger partial charge < -0.3 is 10.6 Å². The monoisotopic (exact) mass is 230 g/mol. The molecule has 4 nitrogen and oxygen atoms in total. The normalized spacial score (nSPS) is 14.4. The standard InChI is InChI=1S/C13H18N4/c1-10-3-4-11(9-14)13(17-10)16-8-2-7-15-12-5-6-12/h3-4,12,15H,2,5-8H2,1H3,(H,16,17). The Morgan fingerprint density at radius 1 is 1.41 bits per heavy atom. The molecular weight excluding hydrogens is 212 g/mol. The van der Waals surface area contributed by atoms with Gasteiger partial charge in [0.2, 0.25) is 0 Å². The van der Waals surface area contributed by atoms with E-state index in [1.54, 1.807) is 0 Å². The number of aryl methyl sites for hydroxylation is 1. The van der Waals surface area contributed by atoms with Crippen LogP contribution in [0.2, 0.25) is 0 Å². The number of nitriles is 1. The van der Waals surface area contributed by atoms with E-state index < -0.39 is 0 Å². The van der Waals surface area contributed by atoms with Gasteiger partial charge in [-0.2, -0.15) is 5.26 Å². The zero-order valence-corrected chi connectivity index (χ0v) is 10.2. The molecule has 1 aromatic rings. The van der Waals surface area contributed by atoms with Crippen molar-refractivity contribution >= 4 is 5.82 Å². The number of hydrogen-bond donors (Lipinski definition) is 2. The molecule has 1 aliphatic rings. The Bertz CT molecular complexity index is 418. The maximum absolute atomic E-state index is 8.95. The van der Waals surface area contributed by atoms with Gasteiger partial charge in [-0.1, -0.05) is 0 Å². The summed E-state index contributed by atoms with van der Waals surface area (Å²) in [6.45, 7) is 3.82. The number of aromatic nitrogens is 1. The Morgan fingerprint density at radius 2 is 2.24 bits per heavy atom. The van der Waals surface area contributed by atoms with E-state index in [4.69, 9.17) is 5.26 Å². The van der Waals surface area contributed by atoms with Crippen LogP contribution in [0.15, 0.2) is 12.1 Å². The van der Waals surface area contributed by atoms with E-state index in [-0.39, 0.29) is 0 Å². The van der Waals surface area contributed by atoms with Crippen LogP contribution in [0, 0.1) is 18.3 Å². The third kappa shape index (κ3) is 3.72. The van der Waals surface area contributed by atoms with E-state index >= 15 is 0 Å². The van der Waals surface area contributed by atoms with Crippen molar-refractivity contribution in [3.63, 3.8) is 0 Å². The fourth-order valence-electron chi connectivity index (χ4n) is 1.67. The Labute approximate surface area is 102 Å². The van der Waals surface area contributed by atoms with E-state index in [9.17, 15) is 0 Å². The predicted molar refractivity (Wildman–Crippen MR) is 67.8 cm³/mol. The van der Waals surface area contributed by atoms with Crippen molar-refractivity contribution < 1.29 is 0 Å². The first-order chi connectivity index (χ1) is 8.29. The summed E-state index contributed by atoms with van der Waals surface area (Å²) in [5.41, 5.74) is 1.55. The SMILES string of the molecule is Cc1ccc(C#N)c(NCCCNC2CC2)n1. The van der Waals surface area contributed by atoms with Gasteiger partial charge in [0.25, 0.3) is 0 Å². The lowest BCUT2D eigenvalue weighted by molar-refractivity contribution is 0.658. The lowest BCUT2D eigenvalue weighted by Crippen LogP contribution is -2.20. The van der Waals surface area contributed by atoms with Crippen molar-refractivity contribution in [2.24, 2.45) is 0 Å². The molecule has 2 rings (SSSR count). The first kappa shape index (κ1) is 11.9. The number of nitrogens with zero attached hydrogens (tertiary/aromatic N) is 2. The number of anilines is 1. The molecule has 4 heteroatoms. The Kier molecular flexibility index (Phi) is 3.94. The summed E-state index contributed by atoms with van der Waals surface area (Å²) in [7, 11) is 0. The highest BCUT2D eigenvalue weighted by atomic mass is 15.0. The molecule has 1 saturated carbocycles. The minimum absolute atomic E-state index is 0.616. The lowest BCUT2D eigenvalue weighted by atomic mass is 10.2. The Hall–Kier alpha value is -1.60. The summed E-state index contributed by atoms with van der Waals surface area (Å²) >= 11 is 0. The van der Waals surface area contributed by atoms with Crippen LogP contribution in [0.1, 0.15) is 30.5 Å². The second-order valence-electron chi connectivity index (χ2n) is 4.47. The molecular formula is C13H18N4. The van der Waals surface area contributed by atoms with Gasteiger partial charge in [0.15, 0.2) is 0 Å². The van der Waals surface area contributed by atoms with Crippen molar-refractivity contribution in [3.05, 3.63) is 23.4 Å². The average molecular weight is 230 g/mol. The summed E-state index contributed by atoms with van der Waals surface area (Å²) in [6, 6.07) is 6.59. The summed E-state index contributed by atoms with van der Waals surface area (Å²) in [5.74, 6) is 0.707. The van der Waals surface area contributed by atoms with Crippen molar-refractivity contribution in [2.75, 3.05) is 18.4 Å². The number of rotatable bonds is 6. The molecule has 2 N–H and O–H groups in total. The largest absolute Gasteiger partial charge is 0.369 e. The third-order valence-corrected chi connectivity index (χ3v) is 2.81. The second kappa shape index (κ2) is 5.65. The van der Waals surface area contributed by atoms with Crippen LogP contribution >= 0.6 is 0 Å². The van der Waals surface area contributed by atoms with Crippen molar-refractivity contribution in [1.82, 2.24) is 10.3 Å². The van der Waals surface area contributed by atoms with Crippen LogP contribution in [0.3, 0.4) is 0 Å². The Morgan fingerprint density at radius 3 is 2.94 bits per heavy atom. The molecule has 0 bridgehead atoms. The molecule has 1 aromatic heterocycles. The summed E-state index contributed by atoms with van der Waals surface area (Å²) in [6.07, 6.45) is 3.70. The van der Waals surface area contributed by atoms with Gasteiger partial charge in [-0.3, -0.25) is 0 Å². The molecule has 1 heterocycles. The number of hydrogen-bond acceptors (Lipinski definition) is 4. The van der Waals surface area contributed by atoms with E-state index in [1.165, 1.54) is 12.8 Å². The topological polar surface area (TPSA) is 60.7 Å². The maximum atomic E-state index is 8.95. The van der Waals surface area contributed by atoms with Gasteiger partial charge in [0.1, 0.15) is 11.9 Å². The average Bonchev–Trinajstić information content (AvgIpc) is 3.13. The number of pyridine rings is 1. The van der Waals surface area contributed by atoms with Gasteiger partial charge >= 0.3 is 0 Å². The molecule has 0 aliphatic heterocycles. The predicted octanol–water partition coefficient (Wildman–Crippen LogP) is 1.82. The smallest absolute Gasteiger partial charge is 0.144 e. The summed E-state index contributed by atoms with van der Waals surface area (Å²) in [5, 5.41) is 15.6. The van der Waals surface area contributed by atoms with Crippen molar-refractivity contribution in [3.8, 4) is 6.07 Å². The van der Waals surface area contributed by atoms with E-state index in [0.717, 1.165) is 31.2 Å². The molecule has 1 aliphatic carbocycles. The highest BCUT2D eigenvalue weighted by Crippen LogP contribution is 2.18. The molecule has 90 valence electrons.